The molecule has 0 radical (unpaired) electrons. The molecule has 6 heteroatoms. The van der Waals surface area contributed by atoms with Gasteiger partial charge in [-0.3, -0.25) is 14.8 Å². The molecule has 0 spiro atoms. The van der Waals surface area contributed by atoms with Gasteiger partial charge in [0, 0.05) is 12.1 Å². The van der Waals surface area contributed by atoms with Gasteiger partial charge >= 0.3 is 0 Å². The maximum atomic E-state index is 12.9. The zero-order valence-electron chi connectivity index (χ0n) is 17.4. The van der Waals surface area contributed by atoms with Crippen LogP contribution < -0.4 is 5.48 Å². The summed E-state index contributed by atoms with van der Waals surface area (Å²) in [7, 11) is 0. The van der Waals surface area contributed by atoms with Crippen molar-refractivity contribution in [1.29, 1.82) is 0 Å². The molecule has 1 aliphatic heterocycles. The maximum absolute atomic E-state index is 12.9. The van der Waals surface area contributed by atoms with Crippen molar-refractivity contribution in [2.24, 2.45) is 0 Å². The van der Waals surface area contributed by atoms with Gasteiger partial charge in [0.25, 0.3) is 11.8 Å². The van der Waals surface area contributed by atoms with E-state index in [-0.39, 0.29) is 12.5 Å². The highest BCUT2D eigenvalue weighted by Gasteiger charge is 2.44. The standard InChI is InChI=1S/C25H24N2O4/c1-25(2,30)22(23(28)26-31)27-15-20-14-19(12-13-21(20)24(27)29)18-10-8-17(9-11-18)16-6-4-3-5-7-16/h3-14,22,30-31H,15H2,1-2H3,(H,26,28)/t22-/m1/s1. The molecule has 3 aromatic carbocycles. The van der Waals surface area contributed by atoms with Gasteiger partial charge in [-0.1, -0.05) is 60.7 Å². The first kappa shape index (κ1) is 20.8. The molecule has 3 N–H and O–H groups in total. The number of nitrogens with zero attached hydrogens (tertiary/aromatic N) is 1. The molecular weight excluding hydrogens is 392 g/mol. The van der Waals surface area contributed by atoms with Gasteiger partial charge in [0.15, 0.2) is 0 Å². The van der Waals surface area contributed by atoms with E-state index in [9.17, 15) is 14.7 Å². The van der Waals surface area contributed by atoms with Crippen molar-refractivity contribution in [3.05, 3.63) is 83.9 Å². The third-order valence-electron chi connectivity index (χ3n) is 5.60. The second-order valence-electron chi connectivity index (χ2n) is 8.28. The Kier molecular flexibility index (Phi) is 5.35. The lowest BCUT2D eigenvalue weighted by Gasteiger charge is -2.34. The number of aliphatic hydroxyl groups is 1. The number of carbonyl (C=O) groups excluding carboxylic acids is 2. The number of amides is 2. The van der Waals surface area contributed by atoms with Crippen LogP contribution in [0.3, 0.4) is 0 Å². The summed E-state index contributed by atoms with van der Waals surface area (Å²) in [5.74, 6) is -1.18. The van der Waals surface area contributed by atoms with Crippen molar-refractivity contribution in [3.63, 3.8) is 0 Å². The van der Waals surface area contributed by atoms with E-state index in [2.05, 4.69) is 24.3 Å². The number of rotatable bonds is 5. The monoisotopic (exact) mass is 416 g/mol. The predicted octanol–water partition coefficient (Wildman–Crippen LogP) is 3.62. The molecule has 6 nitrogen and oxygen atoms in total. The topological polar surface area (TPSA) is 89.9 Å². The van der Waals surface area contributed by atoms with Gasteiger partial charge in [-0.15, -0.1) is 0 Å². The molecule has 4 rings (SSSR count). The molecule has 31 heavy (non-hydrogen) atoms. The van der Waals surface area contributed by atoms with Gasteiger partial charge in [0.05, 0.1) is 5.60 Å². The summed E-state index contributed by atoms with van der Waals surface area (Å²) in [6.07, 6.45) is 0. The number of fused-ring (bicyclic) bond motifs is 1. The lowest BCUT2D eigenvalue weighted by atomic mass is 9.96. The molecule has 0 saturated heterocycles. The minimum absolute atomic E-state index is 0.173. The zero-order valence-corrected chi connectivity index (χ0v) is 17.4. The fourth-order valence-corrected chi connectivity index (χ4v) is 4.12. The van der Waals surface area contributed by atoms with Gasteiger partial charge in [-0.25, -0.2) is 5.48 Å². The third-order valence-corrected chi connectivity index (χ3v) is 5.60. The van der Waals surface area contributed by atoms with Gasteiger partial charge in [0.1, 0.15) is 6.04 Å². The van der Waals surface area contributed by atoms with Crippen LogP contribution in [0.5, 0.6) is 0 Å². The Morgan fingerprint density at radius 2 is 1.48 bits per heavy atom. The SMILES string of the molecule is CC(C)(O)[C@@H](C(=O)NO)N1Cc2cc(-c3ccc(-c4ccccc4)cc3)ccc2C1=O. The molecule has 0 aliphatic carbocycles. The van der Waals surface area contributed by atoms with Gasteiger partial charge in [-0.2, -0.15) is 0 Å². The molecule has 158 valence electrons. The molecule has 0 saturated carbocycles. The molecular formula is C25H24N2O4. The largest absolute Gasteiger partial charge is 0.388 e. The third kappa shape index (κ3) is 3.95. The number of hydrogen-bond donors (Lipinski definition) is 3. The molecule has 2 amide bonds. The Balaban J connectivity index is 1.62. The van der Waals surface area contributed by atoms with E-state index in [1.807, 2.05) is 42.5 Å². The lowest BCUT2D eigenvalue weighted by molar-refractivity contribution is -0.142. The number of hydrogen-bond acceptors (Lipinski definition) is 4. The van der Waals surface area contributed by atoms with Crippen LogP contribution in [0.1, 0.15) is 29.8 Å². The summed E-state index contributed by atoms with van der Waals surface area (Å²) in [6.45, 7) is 3.04. The summed E-state index contributed by atoms with van der Waals surface area (Å²) in [5, 5.41) is 19.5. The normalized spacial score (nSPS) is 14.3. The first-order valence-electron chi connectivity index (χ1n) is 10.1. The first-order chi connectivity index (χ1) is 14.8. The van der Waals surface area contributed by atoms with Crippen LogP contribution in [0.25, 0.3) is 22.3 Å². The Bertz CT molecular complexity index is 1120. The van der Waals surface area contributed by atoms with Crippen LogP contribution in [-0.4, -0.2) is 38.7 Å². The van der Waals surface area contributed by atoms with E-state index in [1.165, 1.54) is 18.7 Å². The highest BCUT2D eigenvalue weighted by molar-refractivity contribution is 6.01. The Morgan fingerprint density at radius 1 is 0.935 bits per heavy atom. The quantitative estimate of drug-likeness (QED) is 0.438. The predicted molar refractivity (Wildman–Crippen MR) is 117 cm³/mol. The Labute approximate surface area is 180 Å². The van der Waals surface area contributed by atoms with Crippen molar-refractivity contribution < 1.29 is 19.9 Å². The summed E-state index contributed by atoms with van der Waals surface area (Å²) >= 11 is 0. The van der Waals surface area contributed by atoms with Crippen LogP contribution in [0.4, 0.5) is 0 Å². The second-order valence-corrected chi connectivity index (χ2v) is 8.28. The van der Waals surface area contributed by atoms with Crippen LogP contribution in [0.15, 0.2) is 72.8 Å². The van der Waals surface area contributed by atoms with E-state index < -0.39 is 17.6 Å². The van der Waals surface area contributed by atoms with Gasteiger partial charge in [0.2, 0.25) is 0 Å². The number of hydroxylamine groups is 1. The van der Waals surface area contributed by atoms with E-state index in [4.69, 9.17) is 5.21 Å². The molecule has 0 aromatic heterocycles. The molecule has 3 aromatic rings. The zero-order chi connectivity index (χ0) is 22.2. The fourth-order valence-electron chi connectivity index (χ4n) is 4.12. The average molecular weight is 416 g/mol. The van der Waals surface area contributed by atoms with Crippen molar-refractivity contribution in [3.8, 4) is 22.3 Å². The number of nitrogens with one attached hydrogen (secondary N) is 1. The summed E-state index contributed by atoms with van der Waals surface area (Å²) in [6, 6.07) is 22.7. The van der Waals surface area contributed by atoms with E-state index in [0.717, 1.165) is 27.8 Å². The lowest BCUT2D eigenvalue weighted by Crippen LogP contribution is -2.57. The van der Waals surface area contributed by atoms with Gasteiger partial charge in [-0.05, 0) is 53.8 Å². The van der Waals surface area contributed by atoms with Crippen molar-refractivity contribution >= 4 is 11.8 Å². The van der Waals surface area contributed by atoms with Gasteiger partial charge < -0.3 is 10.0 Å². The average Bonchev–Trinajstić information content (AvgIpc) is 3.08. The van der Waals surface area contributed by atoms with E-state index >= 15 is 0 Å². The molecule has 0 unspecified atom stereocenters. The maximum Gasteiger partial charge on any atom is 0.269 e. The molecule has 1 aliphatic rings. The molecule has 0 bridgehead atoms. The Morgan fingerprint density at radius 3 is 2.06 bits per heavy atom. The first-order valence-corrected chi connectivity index (χ1v) is 10.1. The van der Waals surface area contributed by atoms with Crippen LogP contribution in [-0.2, 0) is 11.3 Å². The van der Waals surface area contributed by atoms with E-state index in [1.54, 1.807) is 11.5 Å². The van der Waals surface area contributed by atoms with Crippen LogP contribution in [0, 0.1) is 0 Å². The highest BCUT2D eigenvalue weighted by Crippen LogP contribution is 2.32. The minimum atomic E-state index is -1.53. The smallest absolute Gasteiger partial charge is 0.269 e. The molecule has 1 heterocycles. The summed E-state index contributed by atoms with van der Waals surface area (Å²) in [4.78, 5) is 26.4. The Hall–Kier alpha value is -3.48. The number of carbonyl (C=O) groups is 2. The van der Waals surface area contributed by atoms with E-state index in [0.29, 0.717) is 5.56 Å². The van der Waals surface area contributed by atoms with Crippen molar-refractivity contribution in [1.82, 2.24) is 10.4 Å². The second kappa shape index (κ2) is 7.98. The van der Waals surface area contributed by atoms with Crippen LogP contribution >= 0.6 is 0 Å². The highest BCUT2D eigenvalue weighted by atomic mass is 16.5. The van der Waals surface area contributed by atoms with Crippen molar-refractivity contribution in [2.45, 2.75) is 32.0 Å². The minimum Gasteiger partial charge on any atom is -0.388 e. The number of benzene rings is 3. The van der Waals surface area contributed by atoms with Crippen molar-refractivity contribution in [2.75, 3.05) is 0 Å². The van der Waals surface area contributed by atoms with Crippen LogP contribution in [0.2, 0.25) is 0 Å². The summed E-state index contributed by atoms with van der Waals surface area (Å²) in [5.41, 5.74) is 5.53. The summed E-state index contributed by atoms with van der Waals surface area (Å²) < 4.78 is 0. The fraction of sp³-hybridized carbons (Fsp3) is 0.200. The molecule has 0 fully saturated rings. The molecule has 1 atom stereocenters.